The number of benzene rings is 1. The van der Waals surface area contributed by atoms with Gasteiger partial charge in [0.15, 0.2) is 5.82 Å². The van der Waals surface area contributed by atoms with Crippen molar-refractivity contribution < 1.29 is 4.79 Å². The normalized spacial score (nSPS) is 15.2. The van der Waals surface area contributed by atoms with Gasteiger partial charge in [-0.2, -0.15) is 4.98 Å². The Kier molecular flexibility index (Phi) is 5.65. The van der Waals surface area contributed by atoms with Gasteiger partial charge >= 0.3 is 0 Å². The molecule has 0 aliphatic carbocycles. The third-order valence-electron chi connectivity index (χ3n) is 5.34. The Labute approximate surface area is 204 Å². The molecule has 0 fully saturated rings. The predicted octanol–water partition coefficient (Wildman–Crippen LogP) is 5.94. The van der Waals surface area contributed by atoms with Gasteiger partial charge in [0.05, 0.1) is 27.5 Å². The molecule has 166 valence electrons. The number of amides is 1. The molecule has 0 spiro atoms. The molecule has 1 aromatic carbocycles. The van der Waals surface area contributed by atoms with E-state index in [4.69, 9.17) is 28.3 Å². The molecular formula is C23H18Cl2N6OS. The summed E-state index contributed by atoms with van der Waals surface area (Å²) in [5.41, 5.74) is 3.68. The predicted molar refractivity (Wildman–Crippen MR) is 132 cm³/mol. The molecule has 4 aromatic rings. The highest BCUT2D eigenvalue weighted by Gasteiger charge is 2.36. The van der Waals surface area contributed by atoms with Gasteiger partial charge in [0, 0.05) is 22.3 Å². The molecule has 0 bridgehead atoms. The molecule has 3 aromatic heterocycles. The van der Waals surface area contributed by atoms with Crippen molar-refractivity contribution in [3.05, 3.63) is 85.9 Å². The highest BCUT2D eigenvalue weighted by molar-refractivity contribution is 7.10. The molecule has 0 radical (unpaired) electrons. The summed E-state index contributed by atoms with van der Waals surface area (Å²) >= 11 is 13.9. The molecule has 0 saturated heterocycles. The highest BCUT2D eigenvalue weighted by atomic mass is 35.5. The van der Waals surface area contributed by atoms with Gasteiger partial charge in [0.25, 0.3) is 5.91 Å². The van der Waals surface area contributed by atoms with Gasteiger partial charge in [-0.3, -0.25) is 9.78 Å². The van der Waals surface area contributed by atoms with Gasteiger partial charge in [-0.25, -0.2) is 4.68 Å². The van der Waals surface area contributed by atoms with Crippen molar-refractivity contribution in [3.63, 3.8) is 0 Å². The Balaban J connectivity index is 1.60. The van der Waals surface area contributed by atoms with Gasteiger partial charge in [0.1, 0.15) is 6.04 Å². The number of hydrogen-bond acceptors (Lipinski definition) is 6. The molecule has 1 amide bonds. The molecule has 1 unspecified atom stereocenters. The Bertz CT molecular complexity index is 1400. The summed E-state index contributed by atoms with van der Waals surface area (Å²) in [7, 11) is 0. The van der Waals surface area contributed by atoms with Gasteiger partial charge in [-0.15, -0.1) is 16.4 Å². The van der Waals surface area contributed by atoms with Crippen molar-refractivity contribution in [2.45, 2.75) is 19.9 Å². The first-order valence-electron chi connectivity index (χ1n) is 10.1. The number of carbonyl (C=O) groups is 1. The number of nitrogens with one attached hydrogen (secondary N) is 2. The molecule has 1 aliphatic rings. The minimum Gasteiger partial charge on any atom is -0.328 e. The zero-order chi connectivity index (χ0) is 23.1. The van der Waals surface area contributed by atoms with Crippen LogP contribution in [0, 0.1) is 6.92 Å². The Morgan fingerprint density at radius 2 is 2.03 bits per heavy atom. The van der Waals surface area contributed by atoms with Crippen LogP contribution in [0.3, 0.4) is 0 Å². The van der Waals surface area contributed by atoms with Crippen molar-refractivity contribution >= 4 is 52.1 Å². The first-order valence-corrected chi connectivity index (χ1v) is 11.7. The quantitative estimate of drug-likeness (QED) is 0.364. The maximum absolute atomic E-state index is 13.4. The molecular weight excluding hydrogens is 479 g/mol. The summed E-state index contributed by atoms with van der Waals surface area (Å²) in [5.74, 6) is 0.796. The maximum Gasteiger partial charge on any atom is 0.255 e. The van der Waals surface area contributed by atoms with Gasteiger partial charge < -0.3 is 10.6 Å². The summed E-state index contributed by atoms with van der Waals surface area (Å²) in [6.45, 7) is 3.89. The lowest BCUT2D eigenvalue weighted by molar-refractivity contribution is -0.113. The molecule has 33 heavy (non-hydrogen) atoms. The lowest BCUT2D eigenvalue weighted by Crippen LogP contribution is -2.31. The van der Waals surface area contributed by atoms with E-state index in [9.17, 15) is 4.79 Å². The fourth-order valence-corrected chi connectivity index (χ4v) is 5.06. The number of allylic oxidation sites excluding steroid dienone is 1. The van der Waals surface area contributed by atoms with Crippen molar-refractivity contribution in [1.82, 2.24) is 19.7 Å². The number of pyridine rings is 1. The number of fused-ring (bicyclic) bond motifs is 1. The number of carbonyl (C=O) groups excluding carboxylic acids is 1. The molecule has 10 heteroatoms. The smallest absolute Gasteiger partial charge is 0.255 e. The second kappa shape index (κ2) is 8.62. The molecule has 0 saturated carbocycles. The second-order valence-corrected chi connectivity index (χ2v) is 9.32. The van der Waals surface area contributed by atoms with Crippen molar-refractivity contribution in [3.8, 4) is 11.4 Å². The fourth-order valence-electron chi connectivity index (χ4n) is 3.74. The molecule has 5 rings (SSSR count). The third kappa shape index (κ3) is 4.01. The summed E-state index contributed by atoms with van der Waals surface area (Å²) < 4.78 is 1.75. The van der Waals surface area contributed by atoms with Crippen LogP contribution in [-0.4, -0.2) is 25.7 Å². The Morgan fingerprint density at radius 3 is 2.73 bits per heavy atom. The number of hydrogen-bond donors (Lipinski definition) is 2. The zero-order valence-corrected chi connectivity index (χ0v) is 20.0. The monoisotopic (exact) mass is 496 g/mol. The Hall–Kier alpha value is -3.20. The highest BCUT2D eigenvalue weighted by Crippen LogP contribution is 2.40. The topological polar surface area (TPSA) is 84.7 Å². The molecule has 4 heterocycles. The van der Waals surface area contributed by atoms with Crippen LogP contribution >= 0.6 is 34.5 Å². The lowest BCUT2D eigenvalue weighted by Gasteiger charge is -2.28. The molecule has 1 aliphatic heterocycles. The van der Waals surface area contributed by atoms with E-state index >= 15 is 0 Å². The van der Waals surface area contributed by atoms with Crippen molar-refractivity contribution in [1.29, 1.82) is 0 Å². The van der Waals surface area contributed by atoms with E-state index in [1.807, 2.05) is 31.4 Å². The molecule has 7 nitrogen and oxygen atoms in total. The van der Waals surface area contributed by atoms with E-state index in [0.717, 1.165) is 16.0 Å². The molecule has 2 N–H and O–H groups in total. The second-order valence-electron chi connectivity index (χ2n) is 7.56. The maximum atomic E-state index is 13.4. The van der Waals surface area contributed by atoms with E-state index in [-0.39, 0.29) is 5.91 Å². The number of anilines is 2. The van der Waals surface area contributed by atoms with E-state index in [2.05, 4.69) is 20.6 Å². The van der Waals surface area contributed by atoms with Gasteiger partial charge in [-0.05, 0) is 61.2 Å². The summed E-state index contributed by atoms with van der Waals surface area (Å²) in [5, 5.41) is 13.8. The van der Waals surface area contributed by atoms with Crippen LogP contribution in [0.25, 0.3) is 11.4 Å². The van der Waals surface area contributed by atoms with E-state index in [0.29, 0.717) is 38.8 Å². The number of rotatable bonds is 4. The number of thiophene rings is 1. The lowest BCUT2D eigenvalue weighted by atomic mass is 9.99. The minimum absolute atomic E-state index is 0.233. The summed E-state index contributed by atoms with van der Waals surface area (Å²) in [6.07, 6.45) is 3.27. The standard InChI is InChI=1S/C23H18Cl2N6OS/c1-12-7-9-33-20(12)19-18(22(32)28-15-4-3-8-26-11-15)13(2)27-23-29-21(30-31(19)23)14-5-6-16(24)17(25)10-14/h3-11,19H,1-2H3,(H,28,32)(H,27,29,30). The van der Waals surface area contributed by atoms with Crippen molar-refractivity contribution in [2.24, 2.45) is 0 Å². The van der Waals surface area contributed by atoms with Crippen LogP contribution in [0.4, 0.5) is 11.6 Å². The van der Waals surface area contributed by atoms with Crippen molar-refractivity contribution in [2.75, 3.05) is 10.6 Å². The minimum atomic E-state index is -0.443. The number of aromatic nitrogens is 4. The molecule has 1 atom stereocenters. The van der Waals surface area contributed by atoms with Gasteiger partial charge in [-0.1, -0.05) is 23.2 Å². The third-order valence-corrected chi connectivity index (χ3v) is 7.15. The van der Waals surface area contributed by atoms with Crippen LogP contribution in [0.1, 0.15) is 23.4 Å². The summed E-state index contributed by atoms with van der Waals surface area (Å²) in [6, 6.07) is 10.4. The zero-order valence-electron chi connectivity index (χ0n) is 17.6. The number of nitrogens with zero attached hydrogens (tertiary/aromatic N) is 4. The SMILES string of the molecule is CC1=C(C(=O)Nc2cccnc2)C(c2sccc2C)n2nc(-c3ccc(Cl)c(Cl)c3)nc2N1. The first kappa shape index (κ1) is 21.6. The fraction of sp³-hybridized carbons (Fsp3) is 0.130. The van der Waals surface area contributed by atoms with E-state index < -0.39 is 6.04 Å². The average molecular weight is 497 g/mol. The van der Waals surface area contributed by atoms with E-state index in [1.165, 1.54) is 0 Å². The van der Waals surface area contributed by atoms with Gasteiger partial charge in [0.2, 0.25) is 5.95 Å². The number of aryl methyl sites for hydroxylation is 1. The first-order chi connectivity index (χ1) is 15.9. The Morgan fingerprint density at radius 1 is 1.18 bits per heavy atom. The van der Waals surface area contributed by atoms with Crippen LogP contribution in [0.2, 0.25) is 10.0 Å². The average Bonchev–Trinajstić information content (AvgIpc) is 3.41. The number of halogens is 2. The van der Waals surface area contributed by atoms with Crippen LogP contribution in [0.15, 0.2) is 65.4 Å². The van der Waals surface area contributed by atoms with Crippen LogP contribution in [-0.2, 0) is 4.79 Å². The van der Waals surface area contributed by atoms with Crippen LogP contribution in [0.5, 0.6) is 0 Å². The largest absolute Gasteiger partial charge is 0.328 e. The van der Waals surface area contributed by atoms with Crippen LogP contribution < -0.4 is 10.6 Å². The summed E-state index contributed by atoms with van der Waals surface area (Å²) in [4.78, 5) is 23.2. The van der Waals surface area contributed by atoms with E-state index in [1.54, 1.807) is 52.7 Å².